The fourth-order valence-corrected chi connectivity index (χ4v) is 2.69. The Morgan fingerprint density at radius 1 is 1.31 bits per heavy atom. The van der Waals surface area contributed by atoms with Crippen molar-refractivity contribution in [2.24, 2.45) is 0 Å². The normalized spacial score (nSPS) is 10.4. The summed E-state index contributed by atoms with van der Waals surface area (Å²) in [7, 11) is 0. The average molecular weight is 292 g/mol. The molecule has 2 aromatic rings. The number of benzene rings is 1. The molecule has 0 bridgehead atoms. The molecule has 0 amide bonds. The molecule has 16 heavy (non-hydrogen) atoms. The molecule has 0 fully saturated rings. The minimum atomic E-state index is 0.563. The highest BCUT2D eigenvalue weighted by atomic mass is 35.5. The van der Waals surface area contributed by atoms with Crippen LogP contribution < -0.4 is 5.32 Å². The summed E-state index contributed by atoms with van der Waals surface area (Å²) in [5.74, 6) is 0. The quantitative estimate of drug-likeness (QED) is 0.855. The molecule has 0 unspecified atom stereocenters. The molecule has 0 saturated carbocycles. The third-order valence-electron chi connectivity index (χ3n) is 1.75. The SMILES string of the molecule is CSc1nnc(Nc2ccc(Cl)cc2Cl)s1. The average Bonchev–Trinajstić information content (AvgIpc) is 2.70. The maximum Gasteiger partial charge on any atom is 0.210 e. The van der Waals surface area contributed by atoms with Gasteiger partial charge in [-0.15, -0.1) is 10.2 Å². The second-order valence-corrected chi connectivity index (χ2v) is 5.70. The van der Waals surface area contributed by atoms with Gasteiger partial charge in [0.05, 0.1) is 10.7 Å². The lowest BCUT2D eigenvalue weighted by Crippen LogP contribution is -1.90. The van der Waals surface area contributed by atoms with Crippen molar-refractivity contribution in [3.8, 4) is 0 Å². The maximum atomic E-state index is 6.02. The highest BCUT2D eigenvalue weighted by Crippen LogP contribution is 2.30. The molecule has 1 N–H and O–H groups in total. The predicted octanol–water partition coefficient (Wildman–Crippen LogP) is 4.31. The van der Waals surface area contributed by atoms with Crippen LogP contribution in [0.5, 0.6) is 0 Å². The number of hydrogen-bond acceptors (Lipinski definition) is 5. The van der Waals surface area contributed by atoms with Gasteiger partial charge < -0.3 is 5.32 Å². The van der Waals surface area contributed by atoms with Gasteiger partial charge in [-0.25, -0.2) is 0 Å². The lowest BCUT2D eigenvalue weighted by Gasteiger charge is -2.04. The summed E-state index contributed by atoms with van der Waals surface area (Å²) < 4.78 is 0.910. The van der Waals surface area contributed by atoms with Gasteiger partial charge in [0.15, 0.2) is 4.34 Å². The van der Waals surface area contributed by atoms with Crippen LogP contribution in [0.15, 0.2) is 22.5 Å². The van der Waals surface area contributed by atoms with Crippen LogP contribution >= 0.6 is 46.3 Å². The van der Waals surface area contributed by atoms with Gasteiger partial charge in [0.25, 0.3) is 0 Å². The Hall–Kier alpha value is -0.490. The molecule has 1 aromatic carbocycles. The van der Waals surface area contributed by atoms with Crippen LogP contribution in [-0.4, -0.2) is 16.5 Å². The number of anilines is 2. The molecule has 1 heterocycles. The van der Waals surface area contributed by atoms with E-state index in [0.717, 1.165) is 10.0 Å². The Balaban J connectivity index is 2.20. The minimum absolute atomic E-state index is 0.563. The van der Waals surface area contributed by atoms with Gasteiger partial charge in [0, 0.05) is 5.02 Å². The summed E-state index contributed by atoms with van der Waals surface area (Å²) in [5.41, 5.74) is 0.773. The summed E-state index contributed by atoms with van der Waals surface area (Å²) in [6.45, 7) is 0. The molecule has 0 aliphatic heterocycles. The minimum Gasteiger partial charge on any atom is -0.329 e. The first-order valence-electron chi connectivity index (χ1n) is 4.28. The van der Waals surface area contributed by atoms with E-state index in [1.54, 1.807) is 23.9 Å². The summed E-state index contributed by atoms with van der Waals surface area (Å²) >= 11 is 14.9. The Bertz CT molecular complexity index is 501. The number of nitrogens with zero attached hydrogens (tertiary/aromatic N) is 2. The van der Waals surface area contributed by atoms with Gasteiger partial charge in [0.2, 0.25) is 5.13 Å². The molecule has 84 valence electrons. The van der Waals surface area contributed by atoms with E-state index in [1.807, 2.05) is 12.3 Å². The zero-order chi connectivity index (χ0) is 11.5. The molecule has 0 radical (unpaired) electrons. The van der Waals surface area contributed by atoms with Crippen molar-refractivity contribution in [2.45, 2.75) is 4.34 Å². The molecular formula is C9H7Cl2N3S2. The molecule has 7 heteroatoms. The van der Waals surface area contributed by atoms with Gasteiger partial charge in [-0.1, -0.05) is 46.3 Å². The van der Waals surface area contributed by atoms with Crippen molar-refractivity contribution in [2.75, 3.05) is 11.6 Å². The van der Waals surface area contributed by atoms with Crippen molar-refractivity contribution in [1.29, 1.82) is 0 Å². The van der Waals surface area contributed by atoms with Crippen molar-refractivity contribution >= 4 is 57.1 Å². The summed E-state index contributed by atoms with van der Waals surface area (Å²) in [5, 5.41) is 13.0. The highest BCUT2D eigenvalue weighted by Gasteiger charge is 2.06. The van der Waals surface area contributed by atoms with Crippen LogP contribution in [0.4, 0.5) is 10.8 Å². The number of halogens is 2. The summed E-state index contributed by atoms with van der Waals surface area (Å²) in [4.78, 5) is 0. The van der Waals surface area contributed by atoms with Crippen molar-refractivity contribution < 1.29 is 0 Å². The second kappa shape index (κ2) is 5.23. The zero-order valence-electron chi connectivity index (χ0n) is 8.20. The maximum absolute atomic E-state index is 6.02. The van der Waals surface area contributed by atoms with Crippen LogP contribution in [-0.2, 0) is 0 Å². The first kappa shape index (κ1) is 12.0. The smallest absolute Gasteiger partial charge is 0.210 e. The van der Waals surface area contributed by atoms with Gasteiger partial charge in [-0.05, 0) is 24.5 Å². The van der Waals surface area contributed by atoms with E-state index in [4.69, 9.17) is 23.2 Å². The lowest BCUT2D eigenvalue weighted by atomic mass is 10.3. The van der Waals surface area contributed by atoms with Gasteiger partial charge in [-0.2, -0.15) is 0 Å². The van der Waals surface area contributed by atoms with E-state index in [-0.39, 0.29) is 0 Å². The van der Waals surface area contributed by atoms with Gasteiger partial charge >= 0.3 is 0 Å². The topological polar surface area (TPSA) is 37.8 Å². The molecule has 0 aliphatic carbocycles. The molecule has 0 aliphatic rings. The van der Waals surface area contributed by atoms with Crippen molar-refractivity contribution in [3.63, 3.8) is 0 Å². The molecule has 0 saturated heterocycles. The number of hydrogen-bond donors (Lipinski definition) is 1. The molecule has 0 spiro atoms. The summed E-state index contributed by atoms with van der Waals surface area (Å²) in [6.07, 6.45) is 1.96. The lowest BCUT2D eigenvalue weighted by molar-refractivity contribution is 1.02. The predicted molar refractivity (Wildman–Crippen MR) is 71.4 cm³/mol. The molecule has 2 rings (SSSR count). The van der Waals surface area contributed by atoms with E-state index in [0.29, 0.717) is 15.2 Å². The molecule has 3 nitrogen and oxygen atoms in total. The van der Waals surface area contributed by atoms with Crippen LogP contribution in [0.1, 0.15) is 0 Å². The number of thioether (sulfide) groups is 1. The van der Waals surface area contributed by atoms with Gasteiger partial charge in [0.1, 0.15) is 0 Å². The zero-order valence-corrected chi connectivity index (χ0v) is 11.3. The Morgan fingerprint density at radius 2 is 2.12 bits per heavy atom. The number of nitrogens with one attached hydrogen (secondary N) is 1. The van der Waals surface area contributed by atoms with Gasteiger partial charge in [-0.3, -0.25) is 0 Å². The Labute approximate surface area is 111 Å². The van der Waals surface area contributed by atoms with Crippen LogP contribution in [0.2, 0.25) is 10.0 Å². The molecular weight excluding hydrogens is 285 g/mol. The third kappa shape index (κ3) is 2.79. The van der Waals surface area contributed by atoms with E-state index in [9.17, 15) is 0 Å². The first-order valence-corrected chi connectivity index (χ1v) is 7.08. The Kier molecular flexibility index (Phi) is 3.91. The fourth-order valence-electron chi connectivity index (χ4n) is 1.05. The monoisotopic (exact) mass is 291 g/mol. The molecule has 1 aromatic heterocycles. The Morgan fingerprint density at radius 3 is 2.75 bits per heavy atom. The summed E-state index contributed by atoms with van der Waals surface area (Å²) in [6, 6.07) is 5.26. The van der Waals surface area contributed by atoms with E-state index in [2.05, 4.69) is 15.5 Å². The number of rotatable bonds is 3. The van der Waals surface area contributed by atoms with E-state index in [1.165, 1.54) is 11.3 Å². The van der Waals surface area contributed by atoms with Crippen molar-refractivity contribution in [1.82, 2.24) is 10.2 Å². The van der Waals surface area contributed by atoms with Crippen LogP contribution in [0.25, 0.3) is 0 Å². The second-order valence-electron chi connectivity index (χ2n) is 2.83. The fraction of sp³-hybridized carbons (Fsp3) is 0.111. The molecule has 0 atom stereocenters. The van der Waals surface area contributed by atoms with Crippen molar-refractivity contribution in [3.05, 3.63) is 28.2 Å². The standard InChI is InChI=1S/C9H7Cl2N3S2/c1-15-9-14-13-8(16-9)12-7-3-2-5(10)4-6(7)11/h2-4H,1H3,(H,12,13). The van der Waals surface area contributed by atoms with E-state index >= 15 is 0 Å². The van der Waals surface area contributed by atoms with Crippen LogP contribution in [0, 0.1) is 0 Å². The third-order valence-corrected chi connectivity index (χ3v) is 4.12. The highest BCUT2D eigenvalue weighted by molar-refractivity contribution is 8.00. The van der Waals surface area contributed by atoms with E-state index < -0.39 is 0 Å². The first-order chi connectivity index (χ1) is 7.69. The number of aromatic nitrogens is 2. The largest absolute Gasteiger partial charge is 0.329 e. The van der Waals surface area contributed by atoms with Crippen LogP contribution in [0.3, 0.4) is 0 Å².